The Kier molecular flexibility index (Phi) is 7.14. The molecule has 1 aliphatic heterocycles. The van der Waals surface area contributed by atoms with E-state index >= 15 is 0 Å². The fourth-order valence-electron chi connectivity index (χ4n) is 5.14. The van der Waals surface area contributed by atoms with E-state index in [4.69, 9.17) is 23.2 Å². The van der Waals surface area contributed by atoms with Gasteiger partial charge in [0, 0.05) is 36.2 Å². The monoisotopic (exact) mass is 465 g/mol. The number of amides is 2. The maximum absolute atomic E-state index is 13.5. The van der Waals surface area contributed by atoms with Gasteiger partial charge in [0.05, 0.1) is 5.41 Å². The fourth-order valence-corrected chi connectivity index (χ4v) is 5.73. The standard InChI is InChI=1S/C24H33Cl2N3O2/c1-28-11-13-29(14-12-28)22(30)21(15-17-5-3-2-4-6-17)27-23(31)24(9-10-24)19-8-7-18(25)16-20(19)26/h7-8,16-17,21H,2-6,9-15H2,1H3,(H,27,31)/t21-/m0/s1. The van der Waals surface area contributed by atoms with Crippen LogP contribution in [0.3, 0.4) is 0 Å². The van der Waals surface area contributed by atoms with E-state index in [2.05, 4.69) is 17.3 Å². The third kappa shape index (κ3) is 5.20. The summed E-state index contributed by atoms with van der Waals surface area (Å²) in [5.74, 6) is 0.509. The third-order valence-electron chi connectivity index (χ3n) is 7.34. The van der Waals surface area contributed by atoms with E-state index in [1.165, 1.54) is 19.3 Å². The van der Waals surface area contributed by atoms with Crippen LogP contribution in [0.5, 0.6) is 0 Å². The first-order chi connectivity index (χ1) is 14.9. The summed E-state index contributed by atoms with van der Waals surface area (Å²) < 4.78 is 0. The second-order valence-electron chi connectivity index (χ2n) is 9.60. The van der Waals surface area contributed by atoms with Gasteiger partial charge < -0.3 is 15.1 Å². The number of hydrogen-bond acceptors (Lipinski definition) is 3. The Morgan fingerprint density at radius 3 is 2.39 bits per heavy atom. The number of hydrogen-bond donors (Lipinski definition) is 1. The van der Waals surface area contributed by atoms with Crippen LogP contribution < -0.4 is 5.32 Å². The number of rotatable bonds is 6. The Morgan fingerprint density at radius 1 is 1.10 bits per heavy atom. The van der Waals surface area contributed by atoms with Crippen LogP contribution in [0, 0.1) is 5.92 Å². The van der Waals surface area contributed by atoms with Gasteiger partial charge in [-0.2, -0.15) is 0 Å². The maximum atomic E-state index is 13.5. The quantitative estimate of drug-likeness (QED) is 0.682. The Hall–Kier alpha value is -1.30. The Balaban J connectivity index is 1.50. The van der Waals surface area contributed by atoms with Crippen LogP contribution in [0.2, 0.25) is 10.0 Å². The van der Waals surface area contributed by atoms with Crippen molar-refractivity contribution >= 4 is 35.0 Å². The highest BCUT2D eigenvalue weighted by atomic mass is 35.5. The van der Waals surface area contributed by atoms with Crippen molar-refractivity contribution < 1.29 is 9.59 Å². The molecular weight excluding hydrogens is 433 g/mol. The highest BCUT2D eigenvalue weighted by Gasteiger charge is 2.53. The molecule has 1 atom stereocenters. The summed E-state index contributed by atoms with van der Waals surface area (Å²) in [6.07, 6.45) is 8.25. The van der Waals surface area contributed by atoms with Gasteiger partial charge in [-0.25, -0.2) is 0 Å². The van der Waals surface area contributed by atoms with Crippen LogP contribution >= 0.6 is 23.2 Å². The minimum Gasteiger partial charge on any atom is -0.344 e. The van der Waals surface area contributed by atoms with Crippen molar-refractivity contribution in [2.24, 2.45) is 5.92 Å². The number of carbonyl (C=O) groups is 2. The van der Waals surface area contributed by atoms with Gasteiger partial charge in [-0.05, 0) is 49.9 Å². The van der Waals surface area contributed by atoms with Crippen molar-refractivity contribution in [2.75, 3.05) is 33.2 Å². The number of piperazine rings is 1. The number of benzene rings is 1. The Bertz CT molecular complexity index is 813. The van der Waals surface area contributed by atoms with Crippen LogP contribution in [-0.2, 0) is 15.0 Å². The van der Waals surface area contributed by atoms with Gasteiger partial charge in [-0.1, -0.05) is 61.4 Å². The van der Waals surface area contributed by atoms with Crippen LogP contribution in [0.4, 0.5) is 0 Å². The van der Waals surface area contributed by atoms with Crippen molar-refractivity contribution in [2.45, 2.75) is 62.8 Å². The van der Waals surface area contributed by atoms with Gasteiger partial charge in [0.25, 0.3) is 0 Å². The summed E-state index contributed by atoms with van der Waals surface area (Å²) in [4.78, 5) is 31.1. The third-order valence-corrected chi connectivity index (χ3v) is 7.89. The van der Waals surface area contributed by atoms with E-state index in [0.717, 1.165) is 63.8 Å². The molecule has 0 aromatic heterocycles. The number of carbonyl (C=O) groups excluding carboxylic acids is 2. The Morgan fingerprint density at radius 2 is 1.77 bits per heavy atom. The average molecular weight is 466 g/mol. The Labute approximate surface area is 195 Å². The number of halogens is 2. The summed E-state index contributed by atoms with van der Waals surface area (Å²) in [5, 5.41) is 4.26. The lowest BCUT2D eigenvalue weighted by atomic mass is 9.84. The normalized spacial score (nSPS) is 22.7. The first-order valence-corrected chi connectivity index (χ1v) is 12.4. The molecule has 1 saturated heterocycles. The molecule has 7 heteroatoms. The van der Waals surface area contributed by atoms with E-state index in [-0.39, 0.29) is 11.8 Å². The van der Waals surface area contributed by atoms with Crippen molar-refractivity contribution in [3.05, 3.63) is 33.8 Å². The van der Waals surface area contributed by atoms with Gasteiger partial charge in [-0.15, -0.1) is 0 Å². The summed E-state index contributed by atoms with van der Waals surface area (Å²) >= 11 is 12.5. The molecule has 4 rings (SSSR count). The van der Waals surface area contributed by atoms with Crippen molar-refractivity contribution in [1.29, 1.82) is 0 Å². The minimum atomic E-state index is -0.630. The van der Waals surface area contributed by atoms with Crippen LogP contribution in [0.25, 0.3) is 0 Å². The van der Waals surface area contributed by atoms with Crippen molar-refractivity contribution in [3.8, 4) is 0 Å². The van der Waals surface area contributed by atoms with E-state index in [0.29, 0.717) is 16.0 Å². The molecule has 2 saturated carbocycles. The average Bonchev–Trinajstić information content (AvgIpc) is 3.56. The molecule has 0 spiro atoms. The zero-order valence-corrected chi connectivity index (χ0v) is 19.9. The molecule has 1 heterocycles. The second-order valence-corrected chi connectivity index (χ2v) is 10.4. The number of nitrogens with zero attached hydrogens (tertiary/aromatic N) is 2. The summed E-state index contributed by atoms with van der Waals surface area (Å²) in [6.45, 7) is 3.20. The predicted molar refractivity (Wildman–Crippen MR) is 125 cm³/mol. The molecule has 170 valence electrons. The number of likely N-dealkylation sites (N-methyl/N-ethyl adjacent to an activating group) is 1. The molecule has 5 nitrogen and oxygen atoms in total. The molecule has 31 heavy (non-hydrogen) atoms. The molecule has 2 amide bonds. The first-order valence-electron chi connectivity index (χ1n) is 11.6. The molecule has 3 aliphatic rings. The molecule has 2 aliphatic carbocycles. The molecule has 0 bridgehead atoms. The van der Waals surface area contributed by atoms with Crippen LogP contribution in [-0.4, -0.2) is 60.9 Å². The van der Waals surface area contributed by atoms with Gasteiger partial charge in [0.2, 0.25) is 11.8 Å². The lowest BCUT2D eigenvalue weighted by Gasteiger charge is -2.36. The fraction of sp³-hybridized carbons (Fsp3) is 0.667. The second kappa shape index (κ2) is 9.68. The summed E-state index contributed by atoms with van der Waals surface area (Å²) in [5.41, 5.74) is 0.189. The summed E-state index contributed by atoms with van der Waals surface area (Å²) in [6, 6.07) is 4.88. The molecule has 0 radical (unpaired) electrons. The van der Waals surface area contributed by atoms with Crippen molar-refractivity contribution in [3.63, 3.8) is 0 Å². The molecular formula is C24H33Cl2N3O2. The lowest BCUT2D eigenvalue weighted by Crippen LogP contribution is -2.56. The molecule has 1 aromatic carbocycles. The van der Waals surface area contributed by atoms with Gasteiger partial charge >= 0.3 is 0 Å². The zero-order chi connectivity index (χ0) is 22.0. The zero-order valence-electron chi connectivity index (χ0n) is 18.3. The predicted octanol–water partition coefficient (Wildman–Crippen LogP) is 4.25. The molecule has 1 aromatic rings. The van der Waals surface area contributed by atoms with Gasteiger partial charge in [0.1, 0.15) is 6.04 Å². The van der Waals surface area contributed by atoms with E-state index in [1.54, 1.807) is 12.1 Å². The molecule has 3 fully saturated rings. The highest BCUT2D eigenvalue weighted by Crippen LogP contribution is 2.51. The highest BCUT2D eigenvalue weighted by molar-refractivity contribution is 6.35. The molecule has 1 N–H and O–H groups in total. The lowest BCUT2D eigenvalue weighted by molar-refractivity contribution is -0.139. The maximum Gasteiger partial charge on any atom is 0.245 e. The topological polar surface area (TPSA) is 52.6 Å². The minimum absolute atomic E-state index is 0.0694. The van der Waals surface area contributed by atoms with Crippen molar-refractivity contribution in [1.82, 2.24) is 15.1 Å². The SMILES string of the molecule is CN1CCN(C(=O)[C@H](CC2CCCCC2)NC(=O)C2(c3ccc(Cl)cc3Cl)CC2)CC1. The van der Waals surface area contributed by atoms with E-state index in [1.807, 2.05) is 11.0 Å². The van der Waals surface area contributed by atoms with Crippen LogP contribution in [0.15, 0.2) is 18.2 Å². The summed E-state index contributed by atoms with van der Waals surface area (Å²) in [7, 11) is 2.08. The smallest absolute Gasteiger partial charge is 0.245 e. The number of nitrogens with one attached hydrogen (secondary N) is 1. The van der Waals surface area contributed by atoms with E-state index in [9.17, 15) is 9.59 Å². The van der Waals surface area contributed by atoms with Crippen LogP contribution in [0.1, 0.15) is 56.9 Å². The van der Waals surface area contributed by atoms with Gasteiger partial charge in [-0.3, -0.25) is 9.59 Å². The van der Waals surface area contributed by atoms with Gasteiger partial charge in [0.15, 0.2) is 0 Å². The molecule has 0 unspecified atom stereocenters. The largest absolute Gasteiger partial charge is 0.344 e. The van der Waals surface area contributed by atoms with E-state index < -0.39 is 11.5 Å². The first kappa shape index (κ1) is 22.9.